The van der Waals surface area contributed by atoms with E-state index < -0.39 is 22.7 Å². The molecule has 2 aromatic rings. The Bertz CT molecular complexity index is 1450. The number of hydrogen-bond acceptors (Lipinski definition) is 12. The number of aromatic nitrogens is 3. The number of anilines is 2. The molecule has 0 spiro atoms. The maximum absolute atomic E-state index is 13.0. The first-order valence-electron chi connectivity index (χ1n) is 15.5. The molecule has 46 heavy (non-hydrogen) atoms. The van der Waals surface area contributed by atoms with Gasteiger partial charge in [-0.3, -0.25) is 14.9 Å². The van der Waals surface area contributed by atoms with Gasteiger partial charge in [-0.05, 0) is 75.7 Å². The van der Waals surface area contributed by atoms with E-state index in [0.717, 1.165) is 31.5 Å². The van der Waals surface area contributed by atoms with Crippen molar-refractivity contribution in [1.29, 1.82) is 0 Å². The van der Waals surface area contributed by atoms with Crippen LogP contribution in [0.1, 0.15) is 56.4 Å². The lowest BCUT2D eigenvalue weighted by molar-refractivity contribution is -0.133. The number of nitrogens with zero attached hydrogens (tertiary/aromatic N) is 5. The van der Waals surface area contributed by atoms with E-state index in [-0.39, 0.29) is 47.6 Å². The molecular formula is C29H40F2N8O6S. The number of carbonyl (C=O) groups is 2. The van der Waals surface area contributed by atoms with Gasteiger partial charge in [-0.1, -0.05) is 0 Å². The largest absolute Gasteiger partial charge is 0.493 e. The van der Waals surface area contributed by atoms with E-state index >= 15 is 0 Å². The van der Waals surface area contributed by atoms with Crippen LogP contribution >= 0.6 is 0 Å². The summed E-state index contributed by atoms with van der Waals surface area (Å²) in [7, 11) is -1.83. The fraction of sp³-hybridized carbons (Fsp3) is 0.621. The third-order valence-corrected chi connectivity index (χ3v) is 10.6. The lowest BCUT2D eigenvalue weighted by atomic mass is 9.90. The topological polar surface area (TPSA) is 168 Å². The summed E-state index contributed by atoms with van der Waals surface area (Å²) < 4.78 is 62.0. The Balaban J connectivity index is 1.02. The highest BCUT2D eigenvalue weighted by Crippen LogP contribution is 2.33. The monoisotopic (exact) mass is 666 g/mol. The zero-order valence-electron chi connectivity index (χ0n) is 25.7. The molecule has 0 bridgehead atoms. The second-order valence-corrected chi connectivity index (χ2v) is 13.8. The highest BCUT2D eigenvalue weighted by atomic mass is 32.2. The van der Waals surface area contributed by atoms with Gasteiger partial charge in [0.15, 0.2) is 17.3 Å². The Morgan fingerprint density at radius 1 is 1.00 bits per heavy atom. The predicted molar refractivity (Wildman–Crippen MR) is 164 cm³/mol. The van der Waals surface area contributed by atoms with Crippen molar-refractivity contribution in [3.63, 3.8) is 0 Å². The van der Waals surface area contributed by atoms with Gasteiger partial charge in [0, 0.05) is 31.7 Å². The van der Waals surface area contributed by atoms with Gasteiger partial charge in [-0.25, -0.2) is 27.7 Å². The fourth-order valence-electron chi connectivity index (χ4n) is 6.05. The zero-order chi connectivity index (χ0) is 32.7. The van der Waals surface area contributed by atoms with Crippen LogP contribution in [0.4, 0.5) is 20.5 Å². The lowest BCUT2D eigenvalue weighted by Crippen LogP contribution is -2.47. The fourth-order valence-corrected chi connectivity index (χ4v) is 7.57. The van der Waals surface area contributed by atoms with Gasteiger partial charge in [0.2, 0.25) is 27.8 Å². The van der Waals surface area contributed by atoms with E-state index in [0.29, 0.717) is 56.9 Å². The molecule has 0 aromatic carbocycles. The summed E-state index contributed by atoms with van der Waals surface area (Å²) in [6.07, 6.45) is 8.32. The number of rotatable bonds is 13. The number of imide groups is 1. The van der Waals surface area contributed by atoms with Crippen molar-refractivity contribution in [2.45, 2.75) is 69.6 Å². The maximum atomic E-state index is 13.0. The number of piperidine rings is 3. The molecule has 3 N–H and O–H groups in total. The molecule has 1 atom stereocenters. The van der Waals surface area contributed by atoms with Crippen molar-refractivity contribution in [2.75, 3.05) is 56.2 Å². The van der Waals surface area contributed by atoms with E-state index in [1.165, 1.54) is 16.7 Å². The third-order valence-electron chi connectivity index (χ3n) is 8.61. The number of pyridine rings is 1. The molecule has 3 saturated heterocycles. The third kappa shape index (κ3) is 8.97. The second kappa shape index (κ2) is 15.3. The Hall–Kier alpha value is -3.70. The van der Waals surface area contributed by atoms with Crippen molar-refractivity contribution in [2.24, 2.45) is 0 Å². The Morgan fingerprint density at radius 2 is 1.72 bits per heavy atom. The minimum atomic E-state index is -3.39. The van der Waals surface area contributed by atoms with Gasteiger partial charge >= 0.3 is 6.61 Å². The van der Waals surface area contributed by atoms with Crippen LogP contribution in [0.5, 0.6) is 11.5 Å². The van der Waals surface area contributed by atoms with Crippen LogP contribution in [0.15, 0.2) is 24.7 Å². The first kappa shape index (κ1) is 33.7. The Labute approximate surface area is 266 Å². The maximum Gasteiger partial charge on any atom is 0.387 e. The van der Waals surface area contributed by atoms with Crippen LogP contribution in [-0.2, 0) is 19.6 Å². The highest BCUT2D eigenvalue weighted by molar-refractivity contribution is 7.89. The molecule has 2 amide bonds. The van der Waals surface area contributed by atoms with Gasteiger partial charge in [0.05, 0.1) is 25.3 Å². The standard InChI is InChI=1S/C29H40F2N8O6S/c1-44-24-15-20(16-32-26(24)36-23-3-4-25(40)37-27(23)41)19-5-10-38(11-6-19)9-2-14-46(42,43)39-12-7-21(8-13-39)35-29-33-17-22(18-34-29)45-28(30)31/h15-19,21,23,28H,2-14H2,1H3,(H,32,36)(H,33,34,35)(H,37,40,41). The molecule has 14 nitrogen and oxygen atoms in total. The van der Waals surface area contributed by atoms with Crippen LogP contribution in [0.25, 0.3) is 0 Å². The minimum absolute atomic E-state index is 0.0254. The van der Waals surface area contributed by atoms with Crippen molar-refractivity contribution in [3.8, 4) is 11.5 Å². The summed E-state index contributed by atoms with van der Waals surface area (Å²) in [6, 6.07) is 1.37. The van der Waals surface area contributed by atoms with E-state index in [1.54, 1.807) is 13.3 Å². The average Bonchev–Trinajstić information content (AvgIpc) is 3.04. The molecule has 0 aliphatic carbocycles. The SMILES string of the molecule is COc1cc(C2CCN(CCCS(=O)(=O)N3CCC(Nc4ncc(OC(F)F)cn4)CC3)CC2)cnc1NC1CCC(=O)NC1=O. The van der Waals surface area contributed by atoms with Crippen LogP contribution < -0.4 is 25.4 Å². The molecule has 5 rings (SSSR count). The molecule has 3 aliphatic rings. The van der Waals surface area contributed by atoms with Crippen molar-refractivity contribution < 1.29 is 36.3 Å². The molecule has 1 unspecified atom stereocenters. The molecule has 252 valence electrons. The number of likely N-dealkylation sites (tertiary alicyclic amines) is 1. The molecule has 2 aromatic heterocycles. The lowest BCUT2D eigenvalue weighted by Gasteiger charge is -2.33. The van der Waals surface area contributed by atoms with Gasteiger partial charge in [0.25, 0.3) is 0 Å². The molecule has 5 heterocycles. The van der Waals surface area contributed by atoms with Crippen molar-refractivity contribution in [3.05, 3.63) is 30.2 Å². The average molecular weight is 667 g/mol. The van der Waals surface area contributed by atoms with Crippen LogP contribution in [0, 0.1) is 0 Å². The summed E-state index contributed by atoms with van der Waals surface area (Å²) in [6.45, 7) is 0.213. The van der Waals surface area contributed by atoms with E-state index in [1.807, 2.05) is 6.07 Å². The predicted octanol–water partition coefficient (Wildman–Crippen LogP) is 2.17. The van der Waals surface area contributed by atoms with Crippen LogP contribution in [0.3, 0.4) is 0 Å². The molecule has 3 fully saturated rings. The molecule has 0 radical (unpaired) electrons. The van der Waals surface area contributed by atoms with Gasteiger partial charge in [-0.2, -0.15) is 8.78 Å². The zero-order valence-corrected chi connectivity index (χ0v) is 26.5. The smallest absolute Gasteiger partial charge is 0.387 e. The first-order valence-corrected chi connectivity index (χ1v) is 17.1. The molecular weight excluding hydrogens is 626 g/mol. The van der Waals surface area contributed by atoms with Crippen LogP contribution in [0.2, 0.25) is 0 Å². The van der Waals surface area contributed by atoms with E-state index in [9.17, 15) is 26.8 Å². The number of nitrogens with one attached hydrogen (secondary N) is 3. The number of methoxy groups -OCH3 is 1. The number of hydrogen-bond donors (Lipinski definition) is 3. The van der Waals surface area contributed by atoms with Gasteiger partial charge < -0.3 is 25.0 Å². The molecule has 3 aliphatic heterocycles. The van der Waals surface area contributed by atoms with E-state index in [4.69, 9.17) is 4.74 Å². The number of carbonyl (C=O) groups excluding carboxylic acids is 2. The number of amides is 2. The van der Waals surface area contributed by atoms with E-state index in [2.05, 4.69) is 40.5 Å². The summed E-state index contributed by atoms with van der Waals surface area (Å²) in [5.41, 5.74) is 1.05. The quantitative estimate of drug-likeness (QED) is 0.267. The summed E-state index contributed by atoms with van der Waals surface area (Å²) in [5.74, 6) is 0.880. The summed E-state index contributed by atoms with van der Waals surface area (Å²) in [5, 5.41) is 8.56. The van der Waals surface area contributed by atoms with Gasteiger partial charge in [0.1, 0.15) is 6.04 Å². The second-order valence-electron chi connectivity index (χ2n) is 11.7. The summed E-state index contributed by atoms with van der Waals surface area (Å²) >= 11 is 0. The summed E-state index contributed by atoms with van der Waals surface area (Å²) in [4.78, 5) is 38.4. The minimum Gasteiger partial charge on any atom is -0.493 e. The van der Waals surface area contributed by atoms with Crippen molar-refractivity contribution >= 4 is 33.6 Å². The molecule has 0 saturated carbocycles. The van der Waals surface area contributed by atoms with Gasteiger partial charge in [-0.15, -0.1) is 0 Å². The number of halogens is 2. The highest BCUT2D eigenvalue weighted by Gasteiger charge is 2.30. The number of sulfonamides is 1. The number of alkyl halides is 2. The normalized spacial score (nSPS) is 20.8. The Kier molecular flexibility index (Phi) is 11.2. The molecule has 17 heteroatoms. The first-order chi connectivity index (χ1) is 22.1. The number of ether oxygens (including phenoxy) is 2. The van der Waals surface area contributed by atoms with Crippen LogP contribution in [-0.4, -0.2) is 109 Å². The van der Waals surface area contributed by atoms with Crippen molar-refractivity contribution in [1.82, 2.24) is 29.5 Å². The Morgan fingerprint density at radius 3 is 2.37 bits per heavy atom.